The van der Waals surface area contributed by atoms with Crippen molar-refractivity contribution in [2.24, 2.45) is 5.73 Å². The van der Waals surface area contributed by atoms with Crippen LogP contribution >= 0.6 is 0 Å². The van der Waals surface area contributed by atoms with Gasteiger partial charge in [0.15, 0.2) is 0 Å². The Labute approximate surface area is 70.9 Å². The zero-order valence-electron chi connectivity index (χ0n) is 6.59. The number of aliphatic hydroxyl groups excluding tert-OH is 1. The van der Waals surface area contributed by atoms with Crippen LogP contribution in [0.2, 0.25) is 0 Å². The number of benzene rings is 1. The molecule has 0 bridgehead atoms. The Bertz CT molecular complexity index is 186. The number of hydrogen-bond acceptors (Lipinski definition) is 4. The minimum Gasteiger partial charge on any atom is -0.346 e. The topological polar surface area (TPSA) is 86.7 Å². The number of hydrogen-bond donors (Lipinski definition) is 4. The second-order valence-electron chi connectivity index (χ2n) is 2.04. The maximum atomic E-state index is 7.17. The summed E-state index contributed by atoms with van der Waals surface area (Å²) in [6.07, 6.45) is 0. The Morgan fingerprint density at radius 3 is 1.75 bits per heavy atom. The summed E-state index contributed by atoms with van der Waals surface area (Å²) in [5.41, 5.74) is 6.54. The molecule has 0 radical (unpaired) electrons. The van der Waals surface area contributed by atoms with Crippen LogP contribution < -0.4 is 5.73 Å². The van der Waals surface area contributed by atoms with Crippen LogP contribution in [-0.2, 0) is 6.54 Å². The lowest BCUT2D eigenvalue weighted by atomic mass is 10.2. The average Bonchev–Trinajstić information content (AvgIpc) is 2.05. The van der Waals surface area contributed by atoms with Crippen molar-refractivity contribution >= 4 is 0 Å². The molecule has 0 saturated heterocycles. The van der Waals surface area contributed by atoms with E-state index in [2.05, 4.69) is 0 Å². The molecule has 1 aromatic rings. The molecule has 0 aromatic heterocycles. The van der Waals surface area contributed by atoms with E-state index in [0.717, 1.165) is 0 Å². The Morgan fingerprint density at radius 2 is 1.50 bits per heavy atom. The summed E-state index contributed by atoms with van der Waals surface area (Å²) >= 11 is 0. The summed E-state index contributed by atoms with van der Waals surface area (Å²) in [5.74, 6) is 0. The third-order valence-corrected chi connectivity index (χ3v) is 1.08. The van der Waals surface area contributed by atoms with E-state index in [0.29, 0.717) is 6.54 Å². The standard InChI is InChI=1S/C7H9N.CH4O3/c8-6-7-4-2-1-3-5-7;2-1(3)4/h1-5H,6,8H2;1-4H. The molecule has 1 rings (SSSR count). The Balaban J connectivity index is 0.000000261. The van der Waals surface area contributed by atoms with E-state index in [1.165, 1.54) is 5.56 Å². The molecule has 68 valence electrons. The highest BCUT2D eigenvalue weighted by molar-refractivity contribution is 5.13. The molecule has 0 spiro atoms. The van der Waals surface area contributed by atoms with E-state index in [9.17, 15) is 0 Å². The molecule has 4 nitrogen and oxygen atoms in total. The molecule has 0 atom stereocenters. The van der Waals surface area contributed by atoms with E-state index in [-0.39, 0.29) is 0 Å². The lowest BCUT2D eigenvalue weighted by Crippen LogP contribution is -1.98. The molecule has 0 amide bonds. The average molecular weight is 171 g/mol. The van der Waals surface area contributed by atoms with Crippen molar-refractivity contribution in [3.8, 4) is 0 Å². The van der Waals surface area contributed by atoms with Gasteiger partial charge in [-0.05, 0) is 5.56 Å². The van der Waals surface area contributed by atoms with Crippen LogP contribution in [0.4, 0.5) is 0 Å². The van der Waals surface area contributed by atoms with Gasteiger partial charge < -0.3 is 21.1 Å². The first-order valence-electron chi connectivity index (χ1n) is 3.45. The third kappa shape index (κ3) is 7.17. The molecule has 0 unspecified atom stereocenters. The fraction of sp³-hybridized carbons (Fsp3) is 0.250. The second kappa shape index (κ2) is 6.75. The highest BCUT2D eigenvalue weighted by Crippen LogP contribution is 1.94. The van der Waals surface area contributed by atoms with Crippen LogP contribution in [0.1, 0.15) is 5.56 Å². The summed E-state index contributed by atoms with van der Waals surface area (Å²) in [6.45, 7) is -1.53. The number of aliphatic hydroxyl groups is 3. The molecule has 4 heteroatoms. The fourth-order valence-corrected chi connectivity index (χ4v) is 0.614. The summed E-state index contributed by atoms with van der Waals surface area (Å²) in [7, 11) is 0. The second-order valence-corrected chi connectivity index (χ2v) is 2.04. The van der Waals surface area contributed by atoms with Gasteiger partial charge in [0, 0.05) is 6.54 Å². The first-order chi connectivity index (χ1) is 5.66. The molecular weight excluding hydrogens is 158 g/mol. The largest absolute Gasteiger partial charge is 0.346 e. The van der Waals surface area contributed by atoms with Gasteiger partial charge in [0.25, 0.3) is 6.48 Å². The molecule has 0 aliphatic carbocycles. The fourth-order valence-electron chi connectivity index (χ4n) is 0.614. The Morgan fingerprint density at radius 1 is 1.08 bits per heavy atom. The molecule has 0 heterocycles. The predicted molar refractivity (Wildman–Crippen MR) is 44.8 cm³/mol. The van der Waals surface area contributed by atoms with Crippen molar-refractivity contribution in [3.05, 3.63) is 35.9 Å². The minimum absolute atomic E-state index is 0.640. The Kier molecular flexibility index (Phi) is 6.22. The van der Waals surface area contributed by atoms with Gasteiger partial charge in [-0.3, -0.25) is 0 Å². The summed E-state index contributed by atoms with van der Waals surface area (Å²) in [5, 5.41) is 21.5. The third-order valence-electron chi connectivity index (χ3n) is 1.08. The number of nitrogens with two attached hydrogens (primary N) is 1. The van der Waals surface area contributed by atoms with E-state index in [1.807, 2.05) is 30.3 Å². The van der Waals surface area contributed by atoms with Crippen LogP contribution in [0.3, 0.4) is 0 Å². The smallest absolute Gasteiger partial charge is 0.263 e. The van der Waals surface area contributed by atoms with Crippen LogP contribution in [0.5, 0.6) is 0 Å². The van der Waals surface area contributed by atoms with E-state index >= 15 is 0 Å². The summed E-state index contributed by atoms with van der Waals surface area (Å²) < 4.78 is 0. The summed E-state index contributed by atoms with van der Waals surface area (Å²) in [4.78, 5) is 0. The molecule has 0 saturated carbocycles. The van der Waals surface area contributed by atoms with Gasteiger partial charge in [0.1, 0.15) is 0 Å². The molecule has 0 aliphatic rings. The zero-order chi connectivity index (χ0) is 9.40. The monoisotopic (exact) mass is 171 g/mol. The molecule has 5 N–H and O–H groups in total. The predicted octanol–water partition coefficient (Wildman–Crippen LogP) is -0.608. The lowest BCUT2D eigenvalue weighted by Gasteiger charge is -1.90. The first kappa shape index (κ1) is 11.1. The first-order valence-corrected chi connectivity index (χ1v) is 3.45. The Hall–Kier alpha value is -0.940. The zero-order valence-corrected chi connectivity index (χ0v) is 6.59. The van der Waals surface area contributed by atoms with Crippen molar-refractivity contribution in [2.75, 3.05) is 0 Å². The molecular formula is C8H13NO3. The van der Waals surface area contributed by atoms with Gasteiger partial charge in [-0.25, -0.2) is 0 Å². The molecule has 0 aliphatic heterocycles. The van der Waals surface area contributed by atoms with Crippen LogP contribution in [0, 0.1) is 0 Å². The van der Waals surface area contributed by atoms with Crippen LogP contribution in [-0.4, -0.2) is 21.8 Å². The lowest BCUT2D eigenvalue weighted by molar-refractivity contribution is -0.198. The van der Waals surface area contributed by atoms with Crippen molar-refractivity contribution in [2.45, 2.75) is 13.0 Å². The van der Waals surface area contributed by atoms with Crippen molar-refractivity contribution in [3.63, 3.8) is 0 Å². The maximum absolute atomic E-state index is 7.17. The van der Waals surface area contributed by atoms with Gasteiger partial charge >= 0.3 is 0 Å². The minimum atomic E-state index is -2.17. The van der Waals surface area contributed by atoms with Gasteiger partial charge in [-0.1, -0.05) is 30.3 Å². The van der Waals surface area contributed by atoms with Crippen molar-refractivity contribution < 1.29 is 15.3 Å². The van der Waals surface area contributed by atoms with Crippen LogP contribution in [0.15, 0.2) is 30.3 Å². The number of rotatable bonds is 1. The normalized spacial score (nSPS) is 9.08. The molecule has 1 aromatic carbocycles. The van der Waals surface area contributed by atoms with Gasteiger partial charge in [0.2, 0.25) is 0 Å². The van der Waals surface area contributed by atoms with Crippen LogP contribution in [0.25, 0.3) is 0 Å². The van der Waals surface area contributed by atoms with Gasteiger partial charge in [0.05, 0.1) is 0 Å². The maximum Gasteiger partial charge on any atom is 0.263 e. The molecule has 12 heavy (non-hydrogen) atoms. The van der Waals surface area contributed by atoms with Gasteiger partial charge in [-0.15, -0.1) is 0 Å². The van der Waals surface area contributed by atoms with Gasteiger partial charge in [-0.2, -0.15) is 0 Å². The highest BCUT2D eigenvalue weighted by Gasteiger charge is 1.80. The molecule has 0 fully saturated rings. The van der Waals surface area contributed by atoms with E-state index < -0.39 is 6.48 Å². The highest BCUT2D eigenvalue weighted by atomic mass is 16.6. The van der Waals surface area contributed by atoms with Crippen molar-refractivity contribution in [1.29, 1.82) is 0 Å². The quantitative estimate of drug-likeness (QED) is 0.425. The van der Waals surface area contributed by atoms with E-state index in [1.54, 1.807) is 0 Å². The van der Waals surface area contributed by atoms with E-state index in [4.69, 9.17) is 21.1 Å². The summed E-state index contributed by atoms with van der Waals surface area (Å²) in [6, 6.07) is 9.99. The SMILES string of the molecule is NCc1ccccc1.OC(O)O. The van der Waals surface area contributed by atoms with Crippen molar-refractivity contribution in [1.82, 2.24) is 0 Å².